The van der Waals surface area contributed by atoms with Gasteiger partial charge in [0.05, 0.1) is 16.7 Å². The molecule has 0 spiro atoms. The van der Waals surface area contributed by atoms with Crippen LogP contribution in [0.2, 0.25) is 0 Å². The second-order valence-electron chi connectivity index (χ2n) is 10.9. The molecule has 5 heterocycles. The minimum absolute atomic E-state index is 0.287. The fourth-order valence-electron chi connectivity index (χ4n) is 6.98. The summed E-state index contributed by atoms with van der Waals surface area (Å²) in [6.45, 7) is 3.51. The molecule has 2 amide bonds. The van der Waals surface area contributed by atoms with Gasteiger partial charge in [0.25, 0.3) is 11.8 Å². The van der Waals surface area contributed by atoms with Crippen molar-refractivity contribution < 1.29 is 9.59 Å². The molecule has 4 aromatic rings. The molecule has 0 radical (unpaired) electrons. The molecule has 3 aromatic heterocycles. The minimum Gasteiger partial charge on any atom is -0.350 e. The van der Waals surface area contributed by atoms with E-state index in [9.17, 15) is 9.59 Å². The van der Waals surface area contributed by atoms with E-state index in [4.69, 9.17) is 0 Å². The summed E-state index contributed by atoms with van der Waals surface area (Å²) < 4.78 is 4.29. The topological polar surface area (TPSA) is 58.8 Å². The van der Waals surface area contributed by atoms with E-state index >= 15 is 0 Å². The summed E-state index contributed by atoms with van der Waals surface area (Å²) in [5, 5.41) is 3.64. The Hall–Kier alpha value is -3.64. The van der Waals surface area contributed by atoms with Crippen molar-refractivity contribution in [1.82, 2.24) is 19.2 Å². The molecular weight excluding hydrogens is 460 g/mol. The fourth-order valence-corrected chi connectivity index (χ4v) is 6.98. The first-order valence-electron chi connectivity index (χ1n) is 13.6. The molecule has 37 heavy (non-hydrogen) atoms. The first kappa shape index (κ1) is 22.5. The molecule has 3 aliphatic rings. The Morgan fingerprint density at radius 3 is 2.54 bits per heavy atom. The summed E-state index contributed by atoms with van der Waals surface area (Å²) in [6, 6.07) is 14.3. The monoisotopic (exact) mass is 492 g/mol. The molecule has 1 aromatic carbocycles. The van der Waals surface area contributed by atoms with E-state index in [1.54, 1.807) is 0 Å². The third-order valence-corrected chi connectivity index (χ3v) is 8.65. The van der Waals surface area contributed by atoms with Crippen molar-refractivity contribution in [3.8, 4) is 0 Å². The average molecular weight is 493 g/mol. The van der Waals surface area contributed by atoms with Crippen molar-refractivity contribution in [3.05, 3.63) is 77.2 Å². The predicted octanol–water partition coefficient (Wildman–Crippen LogP) is 4.59. The zero-order valence-corrected chi connectivity index (χ0v) is 21.3. The fraction of sp³-hybridized carbons (Fsp3) is 0.355. The third kappa shape index (κ3) is 3.57. The number of aromatic nitrogens is 2. The lowest BCUT2D eigenvalue weighted by molar-refractivity contribution is -0.122. The second kappa shape index (κ2) is 8.73. The Morgan fingerprint density at radius 1 is 0.919 bits per heavy atom. The summed E-state index contributed by atoms with van der Waals surface area (Å²) in [5.74, 6) is -0.0326. The van der Waals surface area contributed by atoms with Gasteiger partial charge >= 0.3 is 0 Å². The number of fused-ring (bicyclic) bond motifs is 4. The normalized spacial score (nSPS) is 20.7. The van der Waals surface area contributed by atoms with Crippen LogP contribution < -0.4 is 5.32 Å². The van der Waals surface area contributed by atoms with Gasteiger partial charge in [-0.1, -0.05) is 30.7 Å². The lowest BCUT2D eigenvalue weighted by Gasteiger charge is -2.32. The molecule has 1 saturated heterocycles. The van der Waals surface area contributed by atoms with Crippen LogP contribution in [0.3, 0.4) is 0 Å². The van der Waals surface area contributed by atoms with Crippen LogP contribution in [-0.4, -0.2) is 45.3 Å². The van der Waals surface area contributed by atoms with Gasteiger partial charge in [-0.2, -0.15) is 0 Å². The van der Waals surface area contributed by atoms with Gasteiger partial charge < -0.3 is 13.9 Å². The molecular formula is C31H32N4O2. The van der Waals surface area contributed by atoms with E-state index in [0.29, 0.717) is 17.1 Å². The third-order valence-electron chi connectivity index (χ3n) is 8.65. The quantitative estimate of drug-likeness (QED) is 0.424. The van der Waals surface area contributed by atoms with Gasteiger partial charge in [0, 0.05) is 53.7 Å². The maximum atomic E-state index is 13.5. The van der Waals surface area contributed by atoms with Crippen molar-refractivity contribution in [2.45, 2.75) is 38.5 Å². The number of likely N-dealkylation sites (tertiary alicyclic amines) is 1. The van der Waals surface area contributed by atoms with E-state index in [1.165, 1.54) is 43.6 Å². The molecule has 1 aliphatic carbocycles. The van der Waals surface area contributed by atoms with Crippen LogP contribution >= 0.6 is 0 Å². The largest absolute Gasteiger partial charge is 0.350 e. The van der Waals surface area contributed by atoms with Crippen LogP contribution in [0.1, 0.15) is 48.1 Å². The summed E-state index contributed by atoms with van der Waals surface area (Å²) in [7, 11) is 1.99. The van der Waals surface area contributed by atoms with Gasteiger partial charge in [0.15, 0.2) is 0 Å². The van der Waals surface area contributed by atoms with E-state index in [-0.39, 0.29) is 11.8 Å². The molecule has 6 nitrogen and oxygen atoms in total. The first-order valence-corrected chi connectivity index (χ1v) is 13.6. The number of piperidine rings is 1. The number of rotatable bonds is 4. The van der Waals surface area contributed by atoms with Crippen LogP contribution in [-0.2, 0) is 29.5 Å². The van der Waals surface area contributed by atoms with E-state index < -0.39 is 0 Å². The average Bonchev–Trinajstić information content (AvgIpc) is 3.52. The zero-order chi connectivity index (χ0) is 25.1. The predicted molar refractivity (Wildman–Crippen MR) is 146 cm³/mol. The molecule has 7 rings (SSSR count). The highest BCUT2D eigenvalue weighted by Crippen LogP contribution is 2.42. The number of nitrogens with one attached hydrogen (secondary N) is 1. The highest BCUT2D eigenvalue weighted by Gasteiger charge is 2.38. The molecule has 0 bridgehead atoms. The minimum atomic E-state index is -0.305. The summed E-state index contributed by atoms with van der Waals surface area (Å²) in [6.07, 6.45) is 11.1. The van der Waals surface area contributed by atoms with Crippen molar-refractivity contribution in [1.29, 1.82) is 0 Å². The van der Waals surface area contributed by atoms with Crippen LogP contribution in [0.15, 0.2) is 54.9 Å². The Morgan fingerprint density at radius 2 is 1.68 bits per heavy atom. The standard InChI is InChI=1S/C31H32N4O2/c1-33-19-23(21-9-3-4-10-24(21)33)28-29(31(37)32-30(28)36)27-22-17-20(18-34-14-6-2-7-15-34)12-13-25(22)35-16-8-5-11-26(27)35/h3-5,8-11,16,19-20H,2,6-7,12-15,17-18H2,1H3,(H,32,36,37). The van der Waals surface area contributed by atoms with Gasteiger partial charge in [-0.25, -0.2) is 0 Å². The highest BCUT2D eigenvalue weighted by atomic mass is 16.2. The molecule has 1 fully saturated rings. The number of nitrogens with zero attached hydrogens (tertiary/aromatic N) is 3. The number of pyridine rings is 1. The van der Waals surface area contributed by atoms with Crippen LogP contribution in [0.5, 0.6) is 0 Å². The number of amides is 2. The SMILES string of the molecule is Cn1cc(C2=C(c3c4c(n5ccccc35)CCC(CN3CCCCC3)C4)C(=O)NC2=O)c2ccccc21. The van der Waals surface area contributed by atoms with Crippen LogP contribution in [0, 0.1) is 5.92 Å². The molecule has 6 heteroatoms. The number of imide groups is 1. The van der Waals surface area contributed by atoms with Crippen LogP contribution in [0.4, 0.5) is 0 Å². The highest BCUT2D eigenvalue weighted by molar-refractivity contribution is 6.50. The first-order chi connectivity index (χ1) is 18.1. The second-order valence-corrected chi connectivity index (χ2v) is 10.9. The smallest absolute Gasteiger partial charge is 0.259 e. The van der Waals surface area contributed by atoms with E-state index in [1.807, 2.05) is 42.1 Å². The van der Waals surface area contributed by atoms with Gasteiger partial charge in [0.2, 0.25) is 0 Å². The number of benzene rings is 1. The molecule has 2 aliphatic heterocycles. The van der Waals surface area contributed by atoms with Crippen molar-refractivity contribution in [2.75, 3.05) is 19.6 Å². The summed E-state index contributed by atoms with van der Waals surface area (Å²) >= 11 is 0. The Kier molecular flexibility index (Phi) is 5.32. The Bertz CT molecular complexity index is 1600. The summed E-state index contributed by atoms with van der Waals surface area (Å²) in [5.41, 5.74) is 7.40. The molecule has 1 unspecified atom stereocenters. The Balaban J connectivity index is 1.42. The van der Waals surface area contributed by atoms with Crippen molar-refractivity contribution in [2.24, 2.45) is 13.0 Å². The van der Waals surface area contributed by atoms with Gasteiger partial charge in [-0.3, -0.25) is 14.9 Å². The van der Waals surface area contributed by atoms with E-state index in [0.717, 1.165) is 53.4 Å². The molecule has 188 valence electrons. The van der Waals surface area contributed by atoms with Crippen molar-refractivity contribution >= 4 is 39.4 Å². The lowest BCUT2D eigenvalue weighted by atomic mass is 9.83. The van der Waals surface area contributed by atoms with Gasteiger partial charge in [0.1, 0.15) is 0 Å². The van der Waals surface area contributed by atoms with Crippen molar-refractivity contribution in [3.63, 3.8) is 0 Å². The number of carbonyl (C=O) groups is 2. The maximum Gasteiger partial charge on any atom is 0.259 e. The zero-order valence-electron chi connectivity index (χ0n) is 21.3. The summed E-state index contributed by atoms with van der Waals surface area (Å²) in [4.78, 5) is 29.5. The van der Waals surface area contributed by atoms with Crippen LogP contribution in [0.25, 0.3) is 27.6 Å². The molecule has 0 saturated carbocycles. The number of aryl methyl sites for hydroxylation is 2. The number of carbonyl (C=O) groups excluding carboxylic acids is 2. The molecule has 1 N–H and O–H groups in total. The number of hydrogen-bond acceptors (Lipinski definition) is 3. The maximum absolute atomic E-state index is 13.5. The van der Waals surface area contributed by atoms with Gasteiger partial charge in [-0.05, 0) is 74.9 Å². The van der Waals surface area contributed by atoms with Gasteiger partial charge in [-0.15, -0.1) is 0 Å². The molecule has 1 atom stereocenters. The number of para-hydroxylation sites is 1. The Labute approximate surface area is 216 Å². The van der Waals surface area contributed by atoms with E-state index in [2.05, 4.69) is 39.0 Å². The number of hydrogen-bond donors (Lipinski definition) is 1. The lowest BCUT2D eigenvalue weighted by Crippen LogP contribution is -2.36.